The maximum atomic E-state index is 10.7. The van der Waals surface area contributed by atoms with E-state index in [1.807, 2.05) is 6.92 Å². The SMILES string of the molecule is COc1c(C)c(Br)c(C)c(C=O)c1O. The molecule has 0 saturated carbocycles. The fraction of sp³-hybridized carbons (Fsp3) is 0.300. The molecule has 0 aromatic heterocycles. The molecule has 1 rings (SSSR count). The van der Waals surface area contributed by atoms with Crippen molar-refractivity contribution in [1.29, 1.82) is 0 Å². The minimum atomic E-state index is -0.0966. The summed E-state index contributed by atoms with van der Waals surface area (Å²) >= 11 is 3.35. The van der Waals surface area contributed by atoms with Crippen LogP contribution in [0.15, 0.2) is 4.47 Å². The van der Waals surface area contributed by atoms with Gasteiger partial charge in [-0.2, -0.15) is 0 Å². The highest BCUT2D eigenvalue weighted by atomic mass is 79.9. The Morgan fingerprint density at radius 2 is 1.93 bits per heavy atom. The van der Waals surface area contributed by atoms with E-state index >= 15 is 0 Å². The summed E-state index contributed by atoms with van der Waals surface area (Å²) in [4.78, 5) is 10.7. The van der Waals surface area contributed by atoms with Crippen molar-refractivity contribution in [3.63, 3.8) is 0 Å². The summed E-state index contributed by atoms with van der Waals surface area (Å²) in [6.07, 6.45) is 0.622. The van der Waals surface area contributed by atoms with E-state index in [0.717, 1.165) is 15.6 Å². The lowest BCUT2D eigenvalue weighted by atomic mass is 10.0. The van der Waals surface area contributed by atoms with Crippen molar-refractivity contribution in [2.24, 2.45) is 0 Å². The minimum Gasteiger partial charge on any atom is -0.504 e. The summed E-state index contributed by atoms with van der Waals surface area (Å²) in [7, 11) is 1.46. The molecular formula is C10H11BrO3. The number of hydrogen-bond acceptors (Lipinski definition) is 3. The van der Waals surface area contributed by atoms with Crippen molar-refractivity contribution < 1.29 is 14.6 Å². The van der Waals surface area contributed by atoms with Gasteiger partial charge in [0.15, 0.2) is 17.8 Å². The number of phenols is 1. The number of ether oxygens (including phenoxy) is 1. The van der Waals surface area contributed by atoms with E-state index in [-0.39, 0.29) is 11.3 Å². The number of hydrogen-bond donors (Lipinski definition) is 1. The third kappa shape index (κ3) is 1.50. The van der Waals surface area contributed by atoms with Crippen LogP contribution in [0.5, 0.6) is 11.5 Å². The largest absolute Gasteiger partial charge is 0.504 e. The van der Waals surface area contributed by atoms with Crippen LogP contribution in [-0.2, 0) is 0 Å². The Labute approximate surface area is 90.8 Å². The number of carbonyl (C=O) groups excluding carboxylic acids is 1. The second-order valence-electron chi connectivity index (χ2n) is 2.98. The number of aromatic hydroxyl groups is 1. The topological polar surface area (TPSA) is 46.5 Å². The van der Waals surface area contributed by atoms with Gasteiger partial charge in [0.2, 0.25) is 0 Å². The first kappa shape index (κ1) is 11.0. The quantitative estimate of drug-likeness (QED) is 0.830. The lowest BCUT2D eigenvalue weighted by molar-refractivity contribution is 0.111. The predicted molar refractivity (Wildman–Crippen MR) is 57.2 cm³/mol. The fourth-order valence-corrected chi connectivity index (χ4v) is 1.76. The molecule has 0 spiro atoms. The van der Waals surface area contributed by atoms with Crippen molar-refractivity contribution in [3.05, 3.63) is 21.2 Å². The average Bonchev–Trinajstić information content (AvgIpc) is 2.16. The van der Waals surface area contributed by atoms with E-state index in [0.29, 0.717) is 12.0 Å². The molecule has 0 saturated heterocycles. The first-order valence-electron chi connectivity index (χ1n) is 4.05. The smallest absolute Gasteiger partial charge is 0.169 e. The molecule has 76 valence electrons. The number of methoxy groups -OCH3 is 1. The molecule has 1 N–H and O–H groups in total. The van der Waals surface area contributed by atoms with Crippen LogP contribution in [0.1, 0.15) is 21.5 Å². The van der Waals surface area contributed by atoms with E-state index < -0.39 is 0 Å². The van der Waals surface area contributed by atoms with E-state index in [4.69, 9.17) is 4.74 Å². The number of carbonyl (C=O) groups is 1. The Morgan fingerprint density at radius 1 is 1.36 bits per heavy atom. The molecule has 0 unspecified atom stereocenters. The average molecular weight is 259 g/mol. The van der Waals surface area contributed by atoms with Crippen molar-refractivity contribution >= 4 is 22.2 Å². The Balaban J connectivity index is 3.64. The van der Waals surface area contributed by atoms with Gasteiger partial charge in [0.25, 0.3) is 0 Å². The van der Waals surface area contributed by atoms with Crippen LogP contribution in [0.25, 0.3) is 0 Å². The molecule has 0 radical (unpaired) electrons. The van der Waals surface area contributed by atoms with Gasteiger partial charge < -0.3 is 9.84 Å². The fourth-order valence-electron chi connectivity index (χ4n) is 1.37. The highest BCUT2D eigenvalue weighted by Gasteiger charge is 2.17. The van der Waals surface area contributed by atoms with Crippen LogP contribution in [0, 0.1) is 13.8 Å². The Morgan fingerprint density at radius 3 is 2.36 bits per heavy atom. The molecule has 1 aromatic carbocycles. The lowest BCUT2D eigenvalue weighted by Gasteiger charge is -2.13. The van der Waals surface area contributed by atoms with Gasteiger partial charge in [-0.15, -0.1) is 0 Å². The van der Waals surface area contributed by atoms with Crippen LogP contribution < -0.4 is 4.74 Å². The maximum Gasteiger partial charge on any atom is 0.169 e. The molecule has 14 heavy (non-hydrogen) atoms. The van der Waals surface area contributed by atoms with E-state index in [9.17, 15) is 9.90 Å². The Bertz CT molecular complexity index is 386. The predicted octanol–water partition coefficient (Wildman–Crippen LogP) is 2.59. The zero-order valence-electron chi connectivity index (χ0n) is 8.22. The zero-order valence-corrected chi connectivity index (χ0v) is 9.81. The summed E-state index contributed by atoms with van der Waals surface area (Å²) in [5.41, 5.74) is 1.77. The molecule has 0 aliphatic rings. The zero-order chi connectivity index (χ0) is 10.9. The third-order valence-electron chi connectivity index (χ3n) is 2.20. The summed E-state index contributed by atoms with van der Waals surface area (Å²) < 4.78 is 5.80. The molecule has 3 nitrogen and oxygen atoms in total. The van der Waals surface area contributed by atoms with Gasteiger partial charge in [-0.3, -0.25) is 4.79 Å². The number of aldehydes is 1. The first-order valence-corrected chi connectivity index (χ1v) is 4.84. The van der Waals surface area contributed by atoms with E-state index in [1.54, 1.807) is 6.92 Å². The van der Waals surface area contributed by atoms with Crippen molar-refractivity contribution in [2.75, 3.05) is 7.11 Å². The number of halogens is 1. The van der Waals surface area contributed by atoms with Crippen molar-refractivity contribution in [1.82, 2.24) is 0 Å². The van der Waals surface area contributed by atoms with Gasteiger partial charge in [-0.25, -0.2) is 0 Å². The van der Waals surface area contributed by atoms with Crippen LogP contribution in [-0.4, -0.2) is 18.5 Å². The minimum absolute atomic E-state index is 0.0966. The Kier molecular flexibility index (Phi) is 3.16. The standard InChI is InChI=1S/C10H11BrO3/c1-5-7(4-12)9(13)10(14-3)6(2)8(5)11/h4,13H,1-3H3. The number of benzene rings is 1. The van der Waals surface area contributed by atoms with Crippen molar-refractivity contribution in [3.8, 4) is 11.5 Å². The van der Waals surface area contributed by atoms with Crippen LogP contribution >= 0.6 is 15.9 Å². The molecule has 0 amide bonds. The monoisotopic (exact) mass is 258 g/mol. The molecular weight excluding hydrogens is 248 g/mol. The second-order valence-corrected chi connectivity index (χ2v) is 3.77. The second kappa shape index (κ2) is 4.00. The molecule has 0 heterocycles. The van der Waals surface area contributed by atoms with Gasteiger partial charge in [-0.05, 0) is 19.4 Å². The van der Waals surface area contributed by atoms with E-state index in [1.165, 1.54) is 7.11 Å². The third-order valence-corrected chi connectivity index (χ3v) is 3.38. The van der Waals surface area contributed by atoms with Crippen molar-refractivity contribution in [2.45, 2.75) is 13.8 Å². The van der Waals surface area contributed by atoms with Crippen LogP contribution in [0.3, 0.4) is 0 Å². The number of rotatable bonds is 2. The Hall–Kier alpha value is -1.03. The summed E-state index contributed by atoms with van der Waals surface area (Å²) in [6.45, 7) is 3.57. The molecule has 0 atom stereocenters. The lowest BCUT2D eigenvalue weighted by Crippen LogP contribution is -1.97. The highest BCUT2D eigenvalue weighted by Crippen LogP contribution is 2.40. The molecule has 4 heteroatoms. The first-order chi connectivity index (χ1) is 6.54. The number of phenolic OH excluding ortho intramolecular Hbond substituents is 1. The van der Waals surface area contributed by atoms with Crippen LogP contribution in [0.2, 0.25) is 0 Å². The van der Waals surface area contributed by atoms with E-state index in [2.05, 4.69) is 15.9 Å². The molecule has 0 bridgehead atoms. The van der Waals surface area contributed by atoms with Gasteiger partial charge in [0, 0.05) is 10.0 Å². The van der Waals surface area contributed by atoms with Gasteiger partial charge in [0.05, 0.1) is 12.7 Å². The molecule has 0 aliphatic heterocycles. The summed E-state index contributed by atoms with van der Waals surface area (Å²) in [5.74, 6) is 0.241. The molecule has 0 aliphatic carbocycles. The summed E-state index contributed by atoms with van der Waals surface area (Å²) in [6, 6.07) is 0. The van der Waals surface area contributed by atoms with Crippen LogP contribution in [0.4, 0.5) is 0 Å². The molecule has 0 fully saturated rings. The maximum absolute atomic E-state index is 10.7. The molecule has 1 aromatic rings. The van der Waals surface area contributed by atoms with Gasteiger partial charge in [0.1, 0.15) is 0 Å². The van der Waals surface area contributed by atoms with Gasteiger partial charge in [-0.1, -0.05) is 15.9 Å². The van der Waals surface area contributed by atoms with Gasteiger partial charge >= 0.3 is 0 Å². The summed E-state index contributed by atoms with van der Waals surface area (Å²) in [5, 5.41) is 9.70. The highest BCUT2D eigenvalue weighted by molar-refractivity contribution is 9.10. The normalized spacial score (nSPS) is 10.0.